The van der Waals surface area contributed by atoms with Gasteiger partial charge >= 0.3 is 6.18 Å². The summed E-state index contributed by atoms with van der Waals surface area (Å²) in [4.78, 5) is 0. The lowest BCUT2D eigenvalue weighted by Crippen LogP contribution is -2.10. The molecule has 108 valence electrons. The van der Waals surface area contributed by atoms with Crippen molar-refractivity contribution in [3.8, 4) is 0 Å². The van der Waals surface area contributed by atoms with Crippen LogP contribution in [-0.2, 0) is 12.7 Å². The number of anilines is 2. The largest absolute Gasteiger partial charge is 0.416 e. The third kappa shape index (κ3) is 3.62. The van der Waals surface area contributed by atoms with Gasteiger partial charge < -0.3 is 11.1 Å². The quantitative estimate of drug-likeness (QED) is 0.653. The van der Waals surface area contributed by atoms with E-state index in [0.29, 0.717) is 18.8 Å². The van der Waals surface area contributed by atoms with E-state index < -0.39 is 11.7 Å². The summed E-state index contributed by atoms with van der Waals surface area (Å²) in [5.41, 5.74) is 5.44. The molecule has 0 bridgehead atoms. The predicted octanol–water partition coefficient (Wildman–Crippen LogP) is 2.38. The molecule has 20 heavy (non-hydrogen) atoms. The van der Waals surface area contributed by atoms with Crippen molar-refractivity contribution >= 4 is 11.4 Å². The van der Waals surface area contributed by atoms with Gasteiger partial charge in [-0.05, 0) is 24.6 Å². The lowest BCUT2D eigenvalue weighted by molar-refractivity contribution is -0.137. The first-order valence-corrected chi connectivity index (χ1v) is 6.01. The van der Waals surface area contributed by atoms with Crippen molar-refractivity contribution in [2.75, 3.05) is 17.6 Å². The third-order valence-electron chi connectivity index (χ3n) is 2.73. The second kappa shape index (κ2) is 5.81. The fourth-order valence-corrected chi connectivity index (χ4v) is 1.72. The molecule has 1 heterocycles. The number of nitrogens with two attached hydrogens (primary N) is 1. The van der Waals surface area contributed by atoms with E-state index in [1.807, 2.05) is 0 Å². The van der Waals surface area contributed by atoms with E-state index in [1.165, 1.54) is 6.07 Å². The van der Waals surface area contributed by atoms with Crippen molar-refractivity contribution in [3.05, 3.63) is 36.2 Å². The number of alkyl halides is 3. The molecule has 1 aromatic heterocycles. The van der Waals surface area contributed by atoms with Gasteiger partial charge in [-0.15, -0.1) is 5.10 Å². The first kappa shape index (κ1) is 14.2. The van der Waals surface area contributed by atoms with Crippen LogP contribution in [0.4, 0.5) is 24.5 Å². The second-order valence-electron chi connectivity index (χ2n) is 4.25. The molecular weight excluding hydrogens is 271 g/mol. The van der Waals surface area contributed by atoms with Crippen LogP contribution >= 0.6 is 0 Å². The van der Waals surface area contributed by atoms with Crippen LogP contribution in [0.3, 0.4) is 0 Å². The lowest BCUT2D eigenvalue weighted by atomic mass is 10.1. The van der Waals surface area contributed by atoms with E-state index in [0.717, 1.165) is 18.6 Å². The average molecular weight is 285 g/mol. The van der Waals surface area contributed by atoms with Crippen LogP contribution in [0.5, 0.6) is 0 Å². The zero-order valence-electron chi connectivity index (χ0n) is 10.6. The molecule has 8 heteroatoms. The third-order valence-corrected chi connectivity index (χ3v) is 2.73. The Morgan fingerprint density at radius 3 is 2.70 bits per heavy atom. The van der Waals surface area contributed by atoms with Crippen molar-refractivity contribution in [3.63, 3.8) is 0 Å². The minimum atomic E-state index is -4.38. The van der Waals surface area contributed by atoms with Gasteiger partial charge in [0, 0.05) is 19.3 Å². The Balaban J connectivity index is 1.87. The fraction of sp³-hybridized carbons (Fsp3) is 0.333. The Hall–Kier alpha value is -2.25. The van der Waals surface area contributed by atoms with Gasteiger partial charge in [0.15, 0.2) is 0 Å². The molecule has 0 saturated heterocycles. The molecule has 1 aromatic carbocycles. The highest BCUT2D eigenvalue weighted by Gasteiger charge is 2.30. The van der Waals surface area contributed by atoms with Gasteiger partial charge in [0.25, 0.3) is 0 Å². The number of rotatable bonds is 5. The van der Waals surface area contributed by atoms with Crippen LogP contribution in [-0.4, -0.2) is 21.5 Å². The molecule has 0 amide bonds. The minimum Gasteiger partial charge on any atom is -0.397 e. The molecule has 0 saturated carbocycles. The van der Waals surface area contributed by atoms with Gasteiger partial charge in [0.2, 0.25) is 0 Å². The highest BCUT2D eigenvalue weighted by Crippen LogP contribution is 2.32. The average Bonchev–Trinajstić information content (AvgIpc) is 2.88. The standard InChI is InChI=1S/C12H14F3N5/c13-12(14,15)9-2-3-11(10(16)8-9)17-4-1-6-20-7-5-18-19-20/h2-3,5,7-8,17H,1,4,6,16H2. The predicted molar refractivity (Wildman–Crippen MR) is 69.0 cm³/mol. The lowest BCUT2D eigenvalue weighted by Gasteiger charge is -2.12. The molecule has 0 spiro atoms. The highest BCUT2D eigenvalue weighted by atomic mass is 19.4. The second-order valence-corrected chi connectivity index (χ2v) is 4.25. The number of benzene rings is 1. The molecule has 3 N–H and O–H groups in total. The highest BCUT2D eigenvalue weighted by molar-refractivity contribution is 5.67. The minimum absolute atomic E-state index is 0.0839. The summed E-state index contributed by atoms with van der Waals surface area (Å²) in [5.74, 6) is 0. The molecule has 0 unspecified atom stereocenters. The van der Waals surface area contributed by atoms with Gasteiger partial charge in [0.05, 0.1) is 23.1 Å². The van der Waals surface area contributed by atoms with Crippen LogP contribution in [0, 0.1) is 0 Å². The van der Waals surface area contributed by atoms with Gasteiger partial charge in [-0.1, -0.05) is 5.21 Å². The van der Waals surface area contributed by atoms with Crippen LogP contribution in [0.25, 0.3) is 0 Å². The number of nitrogens with zero attached hydrogens (tertiary/aromatic N) is 3. The fourth-order valence-electron chi connectivity index (χ4n) is 1.72. The van der Waals surface area contributed by atoms with Crippen molar-refractivity contribution < 1.29 is 13.2 Å². The zero-order valence-corrected chi connectivity index (χ0v) is 10.6. The maximum atomic E-state index is 12.5. The molecule has 0 aliphatic carbocycles. The molecule has 5 nitrogen and oxygen atoms in total. The van der Waals surface area contributed by atoms with Gasteiger partial charge in [-0.2, -0.15) is 13.2 Å². The summed E-state index contributed by atoms with van der Waals surface area (Å²) in [6, 6.07) is 3.28. The van der Waals surface area contributed by atoms with Crippen molar-refractivity contribution in [1.82, 2.24) is 15.0 Å². The van der Waals surface area contributed by atoms with Gasteiger partial charge in [-0.3, -0.25) is 4.68 Å². The topological polar surface area (TPSA) is 68.8 Å². The summed E-state index contributed by atoms with van der Waals surface area (Å²) in [6.07, 6.45) is -0.294. The molecule has 0 aliphatic heterocycles. The smallest absolute Gasteiger partial charge is 0.397 e. The van der Waals surface area contributed by atoms with E-state index in [4.69, 9.17) is 5.73 Å². The number of halogens is 3. The summed E-state index contributed by atoms with van der Waals surface area (Å²) in [5, 5.41) is 10.5. The Labute approximate surface area is 113 Å². The maximum Gasteiger partial charge on any atom is 0.416 e. The van der Waals surface area contributed by atoms with E-state index in [2.05, 4.69) is 15.6 Å². The first-order valence-electron chi connectivity index (χ1n) is 6.01. The maximum absolute atomic E-state index is 12.5. The first-order chi connectivity index (χ1) is 9.47. The number of aryl methyl sites for hydroxylation is 1. The molecular formula is C12H14F3N5. The molecule has 2 aromatic rings. The number of aromatic nitrogens is 3. The van der Waals surface area contributed by atoms with Crippen molar-refractivity contribution in [1.29, 1.82) is 0 Å². The number of nitrogen functional groups attached to an aromatic ring is 1. The summed E-state index contributed by atoms with van der Waals surface area (Å²) in [6.45, 7) is 1.25. The summed E-state index contributed by atoms with van der Waals surface area (Å²) >= 11 is 0. The molecule has 0 radical (unpaired) electrons. The Kier molecular flexibility index (Phi) is 4.11. The number of nitrogens with one attached hydrogen (secondary N) is 1. The molecule has 0 aliphatic rings. The van der Waals surface area contributed by atoms with Crippen LogP contribution in [0.2, 0.25) is 0 Å². The Morgan fingerprint density at radius 2 is 2.10 bits per heavy atom. The Bertz CT molecular complexity index is 551. The monoisotopic (exact) mass is 285 g/mol. The summed E-state index contributed by atoms with van der Waals surface area (Å²) < 4.78 is 39.1. The van der Waals surface area contributed by atoms with E-state index in [1.54, 1.807) is 17.1 Å². The van der Waals surface area contributed by atoms with Gasteiger partial charge in [0.1, 0.15) is 0 Å². The molecule has 0 fully saturated rings. The number of hydrogen-bond donors (Lipinski definition) is 2. The molecule has 2 rings (SSSR count). The van der Waals surface area contributed by atoms with E-state index in [9.17, 15) is 13.2 Å². The Morgan fingerprint density at radius 1 is 1.30 bits per heavy atom. The van der Waals surface area contributed by atoms with Gasteiger partial charge in [-0.25, -0.2) is 0 Å². The van der Waals surface area contributed by atoms with Crippen LogP contribution in [0.15, 0.2) is 30.6 Å². The van der Waals surface area contributed by atoms with Crippen LogP contribution in [0.1, 0.15) is 12.0 Å². The normalized spacial score (nSPS) is 11.6. The number of hydrogen-bond acceptors (Lipinski definition) is 4. The van der Waals surface area contributed by atoms with Crippen molar-refractivity contribution in [2.24, 2.45) is 0 Å². The summed E-state index contributed by atoms with van der Waals surface area (Å²) in [7, 11) is 0. The zero-order chi connectivity index (χ0) is 14.6. The SMILES string of the molecule is Nc1cc(C(F)(F)F)ccc1NCCCn1ccnn1. The molecule has 0 atom stereocenters. The van der Waals surface area contributed by atoms with Crippen LogP contribution < -0.4 is 11.1 Å². The van der Waals surface area contributed by atoms with Crippen molar-refractivity contribution in [2.45, 2.75) is 19.1 Å². The van der Waals surface area contributed by atoms with E-state index >= 15 is 0 Å². The van der Waals surface area contributed by atoms with E-state index in [-0.39, 0.29) is 5.69 Å².